The van der Waals surface area contributed by atoms with Crippen molar-refractivity contribution < 1.29 is 4.74 Å². The van der Waals surface area contributed by atoms with Gasteiger partial charge in [0.1, 0.15) is 17.4 Å². The molecule has 0 aliphatic rings. The van der Waals surface area contributed by atoms with Crippen LogP contribution in [-0.2, 0) is 0 Å². The summed E-state index contributed by atoms with van der Waals surface area (Å²) in [6.07, 6.45) is 0. The van der Waals surface area contributed by atoms with Gasteiger partial charge in [-0.15, -0.1) is 5.10 Å². The Labute approximate surface area is 139 Å². The highest BCUT2D eigenvalue weighted by Gasteiger charge is 2.13. The normalized spacial score (nSPS) is 10.1. The molecule has 0 fully saturated rings. The molecule has 0 atom stereocenters. The molecule has 0 saturated carbocycles. The first-order chi connectivity index (χ1) is 9.97. The van der Waals surface area contributed by atoms with Gasteiger partial charge in [0.2, 0.25) is 0 Å². The number of ether oxygens (including phenoxy) is 1. The smallest absolute Gasteiger partial charge is 0.171 e. The predicted molar refractivity (Wildman–Crippen MR) is 87.9 cm³/mol. The summed E-state index contributed by atoms with van der Waals surface area (Å²) in [5, 5.41) is 20.6. The second kappa shape index (κ2) is 6.41. The van der Waals surface area contributed by atoms with Crippen LogP contribution in [0.4, 0.5) is 11.5 Å². The number of methoxy groups -OCH3 is 1. The SMILES string of the molecule is COc1cc(Nc2nnc(C)c(C)c2C#N)c(Br)cc1Br. The highest BCUT2D eigenvalue weighted by atomic mass is 79.9. The third-order valence-electron chi connectivity index (χ3n) is 3.06. The van der Waals surface area contributed by atoms with Gasteiger partial charge in [-0.3, -0.25) is 0 Å². The summed E-state index contributed by atoms with van der Waals surface area (Å²) >= 11 is 6.88. The molecule has 0 aliphatic carbocycles. The van der Waals surface area contributed by atoms with Crippen molar-refractivity contribution in [3.8, 4) is 11.8 Å². The van der Waals surface area contributed by atoms with Crippen molar-refractivity contribution in [1.82, 2.24) is 10.2 Å². The molecule has 1 aromatic heterocycles. The number of halogens is 2. The van der Waals surface area contributed by atoms with Crippen molar-refractivity contribution in [1.29, 1.82) is 5.26 Å². The molecule has 7 heteroatoms. The molecule has 0 unspecified atom stereocenters. The molecular formula is C14H12Br2N4O. The van der Waals surface area contributed by atoms with Gasteiger partial charge < -0.3 is 10.1 Å². The van der Waals surface area contributed by atoms with E-state index in [9.17, 15) is 5.26 Å². The number of benzene rings is 1. The summed E-state index contributed by atoms with van der Waals surface area (Å²) in [5.74, 6) is 1.10. The van der Waals surface area contributed by atoms with Crippen LogP contribution in [0.2, 0.25) is 0 Å². The summed E-state index contributed by atoms with van der Waals surface area (Å²) in [4.78, 5) is 0. The number of rotatable bonds is 3. The quantitative estimate of drug-likeness (QED) is 0.817. The Morgan fingerprint density at radius 2 is 1.90 bits per heavy atom. The van der Waals surface area contributed by atoms with Crippen LogP contribution in [0.1, 0.15) is 16.8 Å². The lowest BCUT2D eigenvalue weighted by atomic mass is 10.1. The van der Waals surface area contributed by atoms with E-state index in [0.29, 0.717) is 17.1 Å². The maximum Gasteiger partial charge on any atom is 0.171 e. The van der Waals surface area contributed by atoms with Gasteiger partial charge in [-0.05, 0) is 57.3 Å². The third kappa shape index (κ3) is 3.17. The maximum atomic E-state index is 9.31. The number of nitrogens with zero attached hydrogens (tertiary/aromatic N) is 3. The monoisotopic (exact) mass is 410 g/mol. The van der Waals surface area contributed by atoms with Crippen molar-refractivity contribution in [2.24, 2.45) is 0 Å². The van der Waals surface area contributed by atoms with Gasteiger partial charge in [-0.1, -0.05) is 0 Å². The number of aromatic nitrogens is 2. The lowest BCUT2D eigenvalue weighted by molar-refractivity contribution is 0.412. The van der Waals surface area contributed by atoms with Crippen LogP contribution in [0, 0.1) is 25.2 Å². The fourth-order valence-electron chi connectivity index (χ4n) is 1.74. The Bertz CT molecular complexity index is 741. The molecule has 1 N–H and O–H groups in total. The van der Waals surface area contributed by atoms with Crippen LogP contribution in [0.5, 0.6) is 5.75 Å². The standard InChI is InChI=1S/C14H12Br2N4O/c1-7-8(2)19-20-14(9(7)6-17)18-12-5-13(21-3)11(16)4-10(12)15/h4-5H,1-3H3,(H,18,20). The maximum absolute atomic E-state index is 9.31. The molecule has 21 heavy (non-hydrogen) atoms. The minimum Gasteiger partial charge on any atom is -0.495 e. The number of aryl methyl sites for hydroxylation is 1. The fraction of sp³-hybridized carbons (Fsp3) is 0.214. The zero-order chi connectivity index (χ0) is 15.6. The molecule has 0 amide bonds. The number of hydrogen-bond acceptors (Lipinski definition) is 5. The molecule has 1 aromatic carbocycles. The van der Waals surface area contributed by atoms with Crippen molar-refractivity contribution >= 4 is 43.4 Å². The zero-order valence-corrected chi connectivity index (χ0v) is 14.8. The third-order valence-corrected chi connectivity index (χ3v) is 4.34. The minimum absolute atomic E-state index is 0.422. The van der Waals surface area contributed by atoms with Gasteiger partial charge >= 0.3 is 0 Å². The van der Waals surface area contributed by atoms with Crippen LogP contribution in [0.15, 0.2) is 21.1 Å². The molecule has 108 valence electrons. The van der Waals surface area contributed by atoms with Crippen LogP contribution >= 0.6 is 31.9 Å². The zero-order valence-electron chi connectivity index (χ0n) is 11.7. The first kappa shape index (κ1) is 15.7. The van der Waals surface area contributed by atoms with Gasteiger partial charge in [0.25, 0.3) is 0 Å². The topological polar surface area (TPSA) is 70.8 Å². The molecule has 0 aliphatic heterocycles. The summed E-state index contributed by atoms with van der Waals surface area (Å²) < 4.78 is 6.92. The Hall–Kier alpha value is -1.65. The summed E-state index contributed by atoms with van der Waals surface area (Å²) in [5.41, 5.74) is 2.78. The lowest BCUT2D eigenvalue weighted by Gasteiger charge is -2.13. The molecule has 2 aromatic rings. The molecule has 0 saturated heterocycles. The van der Waals surface area contributed by atoms with Gasteiger partial charge in [0.15, 0.2) is 5.82 Å². The van der Waals surface area contributed by atoms with Gasteiger partial charge in [0.05, 0.1) is 23.0 Å². The van der Waals surface area contributed by atoms with Gasteiger partial charge in [0, 0.05) is 10.5 Å². The number of anilines is 2. The van der Waals surface area contributed by atoms with Crippen LogP contribution < -0.4 is 10.1 Å². The summed E-state index contributed by atoms with van der Waals surface area (Å²) in [6.45, 7) is 3.68. The van der Waals surface area contributed by atoms with E-state index in [4.69, 9.17) is 4.74 Å². The van der Waals surface area contributed by atoms with Crippen molar-refractivity contribution in [3.63, 3.8) is 0 Å². The van der Waals surface area contributed by atoms with E-state index in [-0.39, 0.29) is 0 Å². The number of nitriles is 1. The Balaban J connectivity index is 2.49. The Kier molecular flexibility index (Phi) is 4.80. The molecule has 5 nitrogen and oxygen atoms in total. The molecule has 0 radical (unpaired) electrons. The largest absolute Gasteiger partial charge is 0.495 e. The average Bonchev–Trinajstić information content (AvgIpc) is 2.46. The molecule has 2 rings (SSSR count). The van der Waals surface area contributed by atoms with E-state index < -0.39 is 0 Å². The van der Waals surface area contributed by atoms with E-state index in [1.165, 1.54) is 0 Å². The Morgan fingerprint density at radius 3 is 2.52 bits per heavy atom. The van der Waals surface area contributed by atoms with E-state index in [2.05, 4.69) is 53.4 Å². The second-order valence-electron chi connectivity index (χ2n) is 4.34. The van der Waals surface area contributed by atoms with E-state index in [1.54, 1.807) is 7.11 Å². The molecule has 0 spiro atoms. The van der Waals surface area contributed by atoms with Gasteiger partial charge in [-0.25, -0.2) is 0 Å². The average molecular weight is 412 g/mol. The number of nitrogens with one attached hydrogen (secondary N) is 1. The number of hydrogen-bond donors (Lipinski definition) is 1. The molecule has 1 heterocycles. The van der Waals surface area contributed by atoms with Crippen LogP contribution in [-0.4, -0.2) is 17.3 Å². The van der Waals surface area contributed by atoms with E-state index >= 15 is 0 Å². The lowest BCUT2D eigenvalue weighted by Crippen LogP contribution is -2.04. The second-order valence-corrected chi connectivity index (χ2v) is 6.05. The first-order valence-electron chi connectivity index (χ1n) is 6.02. The van der Waals surface area contributed by atoms with Crippen molar-refractivity contribution in [2.45, 2.75) is 13.8 Å². The summed E-state index contributed by atoms with van der Waals surface area (Å²) in [6, 6.07) is 5.84. The Morgan fingerprint density at radius 1 is 1.19 bits per heavy atom. The molecular weight excluding hydrogens is 400 g/mol. The van der Waals surface area contributed by atoms with Gasteiger partial charge in [-0.2, -0.15) is 10.4 Å². The van der Waals surface area contributed by atoms with E-state index in [0.717, 1.165) is 25.9 Å². The van der Waals surface area contributed by atoms with E-state index in [1.807, 2.05) is 26.0 Å². The minimum atomic E-state index is 0.422. The molecule has 0 bridgehead atoms. The predicted octanol–water partition coefficient (Wildman–Crippen LogP) is 4.24. The van der Waals surface area contributed by atoms with Crippen molar-refractivity contribution in [3.05, 3.63) is 37.9 Å². The first-order valence-corrected chi connectivity index (χ1v) is 7.60. The highest BCUT2D eigenvalue weighted by molar-refractivity contribution is 9.11. The van der Waals surface area contributed by atoms with Crippen LogP contribution in [0.25, 0.3) is 0 Å². The van der Waals surface area contributed by atoms with Crippen LogP contribution in [0.3, 0.4) is 0 Å². The highest BCUT2D eigenvalue weighted by Crippen LogP contribution is 2.36. The summed E-state index contributed by atoms with van der Waals surface area (Å²) in [7, 11) is 1.59. The van der Waals surface area contributed by atoms with Crippen molar-refractivity contribution in [2.75, 3.05) is 12.4 Å². The fourth-order valence-corrected chi connectivity index (χ4v) is 3.00.